The maximum Gasteiger partial charge on any atom is 0.221 e. The molecule has 16 heavy (non-hydrogen) atoms. The van der Waals surface area contributed by atoms with Gasteiger partial charge < -0.3 is 5.73 Å². The Morgan fingerprint density at radius 2 is 1.94 bits per heavy atom. The van der Waals surface area contributed by atoms with Gasteiger partial charge in [-0.2, -0.15) is 0 Å². The van der Waals surface area contributed by atoms with Crippen molar-refractivity contribution >= 4 is 5.91 Å². The van der Waals surface area contributed by atoms with Crippen LogP contribution in [0.1, 0.15) is 39.2 Å². The highest BCUT2D eigenvalue weighted by molar-refractivity contribution is 5.78. The molecule has 0 aromatic heterocycles. The van der Waals surface area contributed by atoms with Crippen LogP contribution in [0.5, 0.6) is 0 Å². The van der Waals surface area contributed by atoms with E-state index in [1.807, 2.05) is 25.1 Å². The first kappa shape index (κ1) is 12.8. The summed E-state index contributed by atoms with van der Waals surface area (Å²) >= 11 is 0. The molecule has 0 heterocycles. The van der Waals surface area contributed by atoms with E-state index in [2.05, 4.69) is 26.0 Å². The van der Waals surface area contributed by atoms with Crippen molar-refractivity contribution in [1.82, 2.24) is 0 Å². The van der Waals surface area contributed by atoms with Gasteiger partial charge in [0.2, 0.25) is 5.91 Å². The van der Waals surface area contributed by atoms with Gasteiger partial charge in [0.05, 0.1) is 0 Å². The molecule has 1 rings (SSSR count). The Kier molecular flexibility index (Phi) is 4.11. The lowest BCUT2D eigenvalue weighted by molar-refractivity contribution is -0.123. The van der Waals surface area contributed by atoms with E-state index >= 15 is 0 Å². The summed E-state index contributed by atoms with van der Waals surface area (Å²) in [5, 5.41) is 0. The summed E-state index contributed by atoms with van der Waals surface area (Å²) in [6, 6.07) is 10.2. The minimum Gasteiger partial charge on any atom is -0.369 e. The van der Waals surface area contributed by atoms with Crippen LogP contribution in [0.4, 0.5) is 0 Å². The van der Waals surface area contributed by atoms with E-state index in [4.69, 9.17) is 5.73 Å². The number of rotatable bonds is 5. The second-order valence-electron chi connectivity index (χ2n) is 4.66. The van der Waals surface area contributed by atoms with Crippen molar-refractivity contribution in [3.05, 3.63) is 35.9 Å². The zero-order valence-corrected chi connectivity index (χ0v) is 10.4. The SMILES string of the molecule is CCC[C@](C)(c1ccccc1)C(C)C(N)=O. The van der Waals surface area contributed by atoms with Gasteiger partial charge in [0, 0.05) is 11.3 Å². The zero-order valence-electron chi connectivity index (χ0n) is 10.4. The fourth-order valence-electron chi connectivity index (χ4n) is 2.26. The molecular weight excluding hydrogens is 198 g/mol. The summed E-state index contributed by atoms with van der Waals surface area (Å²) in [5.74, 6) is -0.366. The van der Waals surface area contributed by atoms with Crippen LogP contribution in [-0.4, -0.2) is 5.91 Å². The summed E-state index contributed by atoms with van der Waals surface area (Å²) < 4.78 is 0. The van der Waals surface area contributed by atoms with E-state index in [9.17, 15) is 4.79 Å². The molecule has 2 nitrogen and oxygen atoms in total. The average Bonchev–Trinajstić information content (AvgIpc) is 2.29. The van der Waals surface area contributed by atoms with Gasteiger partial charge in [0.1, 0.15) is 0 Å². The van der Waals surface area contributed by atoms with Crippen molar-refractivity contribution in [2.24, 2.45) is 11.7 Å². The number of benzene rings is 1. The molecule has 2 heteroatoms. The number of primary amides is 1. The van der Waals surface area contributed by atoms with Crippen LogP contribution in [0, 0.1) is 5.92 Å². The summed E-state index contributed by atoms with van der Waals surface area (Å²) in [6.45, 7) is 6.18. The van der Waals surface area contributed by atoms with Crippen LogP contribution in [0.3, 0.4) is 0 Å². The van der Waals surface area contributed by atoms with E-state index in [0.717, 1.165) is 12.8 Å². The van der Waals surface area contributed by atoms with Gasteiger partial charge in [-0.15, -0.1) is 0 Å². The number of nitrogens with two attached hydrogens (primary N) is 1. The lowest BCUT2D eigenvalue weighted by atomic mass is 9.69. The molecule has 0 spiro atoms. The Bertz CT molecular complexity index is 347. The monoisotopic (exact) mass is 219 g/mol. The molecule has 0 bridgehead atoms. The second-order valence-corrected chi connectivity index (χ2v) is 4.66. The predicted octanol–water partition coefficient (Wildman–Crippen LogP) is 2.87. The van der Waals surface area contributed by atoms with Gasteiger partial charge in [0.15, 0.2) is 0 Å². The van der Waals surface area contributed by atoms with Crippen molar-refractivity contribution in [3.8, 4) is 0 Å². The molecule has 2 atom stereocenters. The van der Waals surface area contributed by atoms with Crippen LogP contribution >= 0.6 is 0 Å². The Balaban J connectivity index is 3.11. The number of hydrogen-bond donors (Lipinski definition) is 1. The summed E-state index contributed by atoms with van der Waals surface area (Å²) in [6.07, 6.45) is 2.02. The molecule has 0 saturated heterocycles. The molecule has 0 radical (unpaired) electrons. The number of carbonyl (C=O) groups is 1. The van der Waals surface area contributed by atoms with Crippen LogP contribution in [0.15, 0.2) is 30.3 Å². The molecule has 88 valence electrons. The van der Waals surface area contributed by atoms with Crippen molar-refractivity contribution in [2.45, 2.75) is 39.0 Å². The minimum atomic E-state index is -0.222. The molecule has 1 aromatic rings. The van der Waals surface area contributed by atoms with Crippen LogP contribution in [0.2, 0.25) is 0 Å². The van der Waals surface area contributed by atoms with Crippen molar-refractivity contribution in [3.63, 3.8) is 0 Å². The smallest absolute Gasteiger partial charge is 0.221 e. The topological polar surface area (TPSA) is 43.1 Å². The van der Waals surface area contributed by atoms with E-state index < -0.39 is 0 Å². The fourth-order valence-corrected chi connectivity index (χ4v) is 2.26. The molecule has 0 aliphatic heterocycles. The van der Waals surface area contributed by atoms with Crippen LogP contribution in [-0.2, 0) is 10.2 Å². The lowest BCUT2D eigenvalue weighted by Crippen LogP contribution is -2.39. The Morgan fingerprint density at radius 1 is 1.38 bits per heavy atom. The standard InChI is InChI=1S/C14H21NO/c1-4-10-14(3,11(2)13(15)16)12-8-6-5-7-9-12/h5-9,11H,4,10H2,1-3H3,(H2,15,16)/t11?,14-/m0/s1. The van der Waals surface area contributed by atoms with Gasteiger partial charge in [-0.3, -0.25) is 4.79 Å². The minimum absolute atomic E-state index is 0.144. The Morgan fingerprint density at radius 3 is 2.38 bits per heavy atom. The van der Waals surface area contributed by atoms with Crippen molar-refractivity contribution < 1.29 is 4.79 Å². The highest BCUT2D eigenvalue weighted by Gasteiger charge is 2.35. The van der Waals surface area contributed by atoms with Crippen LogP contribution in [0.25, 0.3) is 0 Å². The van der Waals surface area contributed by atoms with E-state index in [-0.39, 0.29) is 17.2 Å². The first-order valence-electron chi connectivity index (χ1n) is 5.87. The van der Waals surface area contributed by atoms with Crippen molar-refractivity contribution in [1.29, 1.82) is 0 Å². The third kappa shape index (κ3) is 2.43. The summed E-state index contributed by atoms with van der Waals surface area (Å²) in [7, 11) is 0. The second kappa shape index (κ2) is 5.15. The lowest BCUT2D eigenvalue weighted by Gasteiger charge is -2.34. The van der Waals surface area contributed by atoms with E-state index in [0.29, 0.717) is 0 Å². The quantitative estimate of drug-likeness (QED) is 0.813. The highest BCUT2D eigenvalue weighted by Crippen LogP contribution is 2.36. The van der Waals surface area contributed by atoms with E-state index in [1.165, 1.54) is 5.56 Å². The molecule has 2 N–H and O–H groups in total. The molecular formula is C14H21NO. The largest absolute Gasteiger partial charge is 0.369 e. The molecule has 0 aliphatic rings. The van der Waals surface area contributed by atoms with Gasteiger partial charge >= 0.3 is 0 Å². The molecule has 0 fully saturated rings. The van der Waals surface area contributed by atoms with Gasteiger partial charge in [-0.05, 0) is 12.0 Å². The summed E-state index contributed by atoms with van der Waals surface area (Å²) in [5.41, 5.74) is 6.50. The molecule has 1 aromatic carbocycles. The fraction of sp³-hybridized carbons (Fsp3) is 0.500. The molecule has 1 amide bonds. The maximum atomic E-state index is 11.4. The Labute approximate surface area is 97.9 Å². The third-order valence-corrected chi connectivity index (χ3v) is 3.59. The summed E-state index contributed by atoms with van der Waals surface area (Å²) in [4.78, 5) is 11.4. The first-order chi connectivity index (χ1) is 7.52. The van der Waals surface area contributed by atoms with Gasteiger partial charge in [-0.1, -0.05) is 57.5 Å². The highest BCUT2D eigenvalue weighted by atomic mass is 16.1. The van der Waals surface area contributed by atoms with Crippen LogP contribution < -0.4 is 5.73 Å². The number of hydrogen-bond acceptors (Lipinski definition) is 1. The van der Waals surface area contributed by atoms with E-state index in [1.54, 1.807) is 0 Å². The van der Waals surface area contributed by atoms with Crippen molar-refractivity contribution in [2.75, 3.05) is 0 Å². The molecule has 0 aliphatic carbocycles. The molecule has 1 unspecified atom stereocenters. The average molecular weight is 219 g/mol. The number of carbonyl (C=O) groups excluding carboxylic acids is 1. The van der Waals surface area contributed by atoms with Gasteiger partial charge in [0.25, 0.3) is 0 Å². The normalized spacial score (nSPS) is 16.4. The maximum absolute atomic E-state index is 11.4. The van der Waals surface area contributed by atoms with Gasteiger partial charge in [-0.25, -0.2) is 0 Å². The Hall–Kier alpha value is -1.31. The third-order valence-electron chi connectivity index (χ3n) is 3.59. The first-order valence-corrected chi connectivity index (χ1v) is 5.87. The predicted molar refractivity (Wildman–Crippen MR) is 67.1 cm³/mol. The molecule has 0 saturated carbocycles. The number of amides is 1. The zero-order chi connectivity index (χ0) is 12.2.